The molecule has 134 valence electrons. The topological polar surface area (TPSA) is 87.9 Å². The molecule has 26 heavy (non-hydrogen) atoms. The van der Waals surface area contributed by atoms with Crippen LogP contribution >= 0.6 is 0 Å². The first kappa shape index (κ1) is 16.4. The van der Waals surface area contributed by atoms with Crippen LogP contribution in [0.2, 0.25) is 0 Å². The van der Waals surface area contributed by atoms with E-state index >= 15 is 0 Å². The van der Waals surface area contributed by atoms with Gasteiger partial charge < -0.3 is 14.4 Å². The second kappa shape index (κ2) is 6.66. The third-order valence-electron chi connectivity index (χ3n) is 4.37. The van der Waals surface area contributed by atoms with Gasteiger partial charge in [0.1, 0.15) is 11.5 Å². The van der Waals surface area contributed by atoms with Gasteiger partial charge in [-0.05, 0) is 18.9 Å². The van der Waals surface area contributed by atoms with Crippen molar-refractivity contribution in [2.24, 2.45) is 0 Å². The number of hydrogen-bond donors (Lipinski definition) is 1. The van der Waals surface area contributed by atoms with Gasteiger partial charge in [-0.3, -0.25) is 4.79 Å². The molecule has 3 aromatic heterocycles. The average molecular weight is 359 g/mol. The number of aromatic amines is 1. The van der Waals surface area contributed by atoms with Gasteiger partial charge in [-0.15, -0.1) is 0 Å². The molecular weight excluding hydrogens is 344 g/mol. The molecule has 1 amide bonds. The van der Waals surface area contributed by atoms with Crippen LogP contribution in [0.15, 0.2) is 35.1 Å². The number of nitrogens with one attached hydrogen (secondary N) is 1. The molecule has 4 heterocycles. The minimum Gasteiger partial charge on any atom is -0.355 e. The van der Waals surface area contributed by atoms with E-state index in [0.29, 0.717) is 24.6 Å². The van der Waals surface area contributed by atoms with Crippen molar-refractivity contribution < 1.29 is 18.1 Å². The van der Waals surface area contributed by atoms with Gasteiger partial charge in [-0.25, -0.2) is 9.37 Å². The fourth-order valence-corrected chi connectivity index (χ4v) is 3.09. The standard InChI is InChI=1S/C17H15F2N5O2/c18-12-7-13(21-8-12)16-22-15(23-26-16)11-2-1-5-24(9-11)17(25)10-3-4-20-14(19)6-10/h3-4,6-8,11,21H,1-2,5,9H2. The highest BCUT2D eigenvalue weighted by atomic mass is 19.1. The Bertz CT molecular complexity index is 939. The van der Waals surface area contributed by atoms with Gasteiger partial charge >= 0.3 is 0 Å². The highest BCUT2D eigenvalue weighted by Crippen LogP contribution is 2.27. The Morgan fingerprint density at radius 2 is 2.23 bits per heavy atom. The van der Waals surface area contributed by atoms with Crippen LogP contribution in [0.25, 0.3) is 11.6 Å². The number of halogens is 2. The summed E-state index contributed by atoms with van der Waals surface area (Å²) in [6.07, 6.45) is 4.04. The normalized spacial score (nSPS) is 17.5. The number of rotatable bonds is 3. The molecule has 1 saturated heterocycles. The zero-order valence-electron chi connectivity index (χ0n) is 13.7. The first-order valence-electron chi connectivity index (χ1n) is 8.19. The summed E-state index contributed by atoms with van der Waals surface area (Å²) >= 11 is 0. The van der Waals surface area contributed by atoms with E-state index < -0.39 is 11.8 Å². The van der Waals surface area contributed by atoms with E-state index in [1.165, 1.54) is 24.5 Å². The van der Waals surface area contributed by atoms with Gasteiger partial charge in [0.05, 0.1) is 0 Å². The molecule has 4 rings (SSSR count). The molecule has 7 nitrogen and oxygen atoms in total. The number of nitrogens with zero attached hydrogens (tertiary/aromatic N) is 4. The van der Waals surface area contributed by atoms with Crippen molar-refractivity contribution in [3.8, 4) is 11.6 Å². The van der Waals surface area contributed by atoms with Crippen LogP contribution in [-0.2, 0) is 0 Å². The lowest BCUT2D eigenvalue weighted by molar-refractivity contribution is 0.0703. The SMILES string of the molecule is O=C(c1ccnc(F)c1)N1CCCC(c2noc(-c3cc(F)c[nH]3)n2)C1. The fraction of sp³-hybridized carbons (Fsp3) is 0.294. The second-order valence-corrected chi connectivity index (χ2v) is 6.15. The largest absolute Gasteiger partial charge is 0.355 e. The third-order valence-corrected chi connectivity index (χ3v) is 4.37. The smallest absolute Gasteiger partial charge is 0.274 e. The van der Waals surface area contributed by atoms with Crippen LogP contribution in [0.1, 0.15) is 34.9 Å². The fourth-order valence-electron chi connectivity index (χ4n) is 3.09. The molecule has 0 radical (unpaired) electrons. The van der Waals surface area contributed by atoms with Crippen molar-refractivity contribution in [3.05, 3.63) is 53.7 Å². The van der Waals surface area contributed by atoms with E-state index in [-0.39, 0.29) is 23.3 Å². The minimum absolute atomic E-state index is 0.100. The van der Waals surface area contributed by atoms with Crippen molar-refractivity contribution in [1.29, 1.82) is 0 Å². The molecule has 0 bridgehead atoms. The summed E-state index contributed by atoms with van der Waals surface area (Å²) in [5, 5.41) is 3.97. The summed E-state index contributed by atoms with van der Waals surface area (Å²) in [6.45, 7) is 0.979. The summed E-state index contributed by atoms with van der Waals surface area (Å²) in [6, 6.07) is 3.88. The Morgan fingerprint density at radius 1 is 1.35 bits per heavy atom. The molecule has 9 heteroatoms. The molecule has 0 aromatic carbocycles. The summed E-state index contributed by atoms with van der Waals surface area (Å²) < 4.78 is 31.6. The van der Waals surface area contributed by atoms with Crippen molar-refractivity contribution in [2.45, 2.75) is 18.8 Å². The van der Waals surface area contributed by atoms with E-state index in [1.54, 1.807) is 4.90 Å². The highest BCUT2D eigenvalue weighted by Gasteiger charge is 2.29. The number of carbonyl (C=O) groups is 1. The zero-order chi connectivity index (χ0) is 18.1. The highest BCUT2D eigenvalue weighted by molar-refractivity contribution is 5.94. The van der Waals surface area contributed by atoms with Crippen molar-refractivity contribution >= 4 is 5.91 Å². The minimum atomic E-state index is -0.689. The number of H-pyrrole nitrogens is 1. The van der Waals surface area contributed by atoms with Crippen molar-refractivity contribution in [3.63, 3.8) is 0 Å². The number of carbonyl (C=O) groups excluding carboxylic acids is 1. The van der Waals surface area contributed by atoms with Crippen LogP contribution in [0, 0.1) is 11.8 Å². The molecule has 1 atom stereocenters. The van der Waals surface area contributed by atoms with Crippen LogP contribution < -0.4 is 0 Å². The molecule has 0 saturated carbocycles. The van der Waals surface area contributed by atoms with E-state index in [4.69, 9.17) is 4.52 Å². The van der Waals surface area contributed by atoms with Crippen LogP contribution in [0.3, 0.4) is 0 Å². The summed E-state index contributed by atoms with van der Waals surface area (Å²) in [7, 11) is 0. The number of hydrogen-bond acceptors (Lipinski definition) is 5. The van der Waals surface area contributed by atoms with Crippen LogP contribution in [0.5, 0.6) is 0 Å². The molecule has 0 aliphatic carbocycles. The molecule has 3 aromatic rings. The zero-order valence-corrected chi connectivity index (χ0v) is 13.7. The Kier molecular flexibility index (Phi) is 4.19. The van der Waals surface area contributed by atoms with Gasteiger partial charge in [-0.1, -0.05) is 5.16 Å². The summed E-state index contributed by atoms with van der Waals surface area (Å²) in [5.41, 5.74) is 0.658. The summed E-state index contributed by atoms with van der Waals surface area (Å²) in [4.78, 5) is 24.7. The van der Waals surface area contributed by atoms with Crippen molar-refractivity contribution in [2.75, 3.05) is 13.1 Å². The van der Waals surface area contributed by atoms with E-state index in [9.17, 15) is 13.6 Å². The van der Waals surface area contributed by atoms with Gasteiger partial charge in [0.2, 0.25) is 5.95 Å². The van der Waals surface area contributed by atoms with Gasteiger partial charge in [-0.2, -0.15) is 9.37 Å². The Hall–Kier alpha value is -3.10. The average Bonchev–Trinajstić information content (AvgIpc) is 3.30. The maximum atomic E-state index is 13.3. The van der Waals surface area contributed by atoms with E-state index in [1.807, 2.05) is 0 Å². The lowest BCUT2D eigenvalue weighted by Crippen LogP contribution is -2.39. The van der Waals surface area contributed by atoms with Gasteiger partial charge in [0, 0.05) is 49.1 Å². The quantitative estimate of drug-likeness (QED) is 0.727. The van der Waals surface area contributed by atoms with E-state index in [0.717, 1.165) is 18.9 Å². The number of likely N-dealkylation sites (tertiary alicyclic amines) is 1. The number of amides is 1. The molecule has 1 fully saturated rings. The number of pyridine rings is 1. The maximum absolute atomic E-state index is 13.3. The first-order valence-corrected chi connectivity index (χ1v) is 8.19. The van der Waals surface area contributed by atoms with E-state index in [2.05, 4.69) is 20.1 Å². The monoisotopic (exact) mass is 359 g/mol. The Labute approximate surface area is 147 Å². The van der Waals surface area contributed by atoms with Crippen LogP contribution in [0.4, 0.5) is 8.78 Å². The van der Waals surface area contributed by atoms with Gasteiger partial charge in [0.15, 0.2) is 5.82 Å². The molecule has 1 aliphatic rings. The third kappa shape index (κ3) is 3.19. The molecule has 1 aliphatic heterocycles. The maximum Gasteiger partial charge on any atom is 0.274 e. The molecule has 1 N–H and O–H groups in total. The number of piperidine rings is 1. The molecule has 0 spiro atoms. The molecular formula is C17H15F2N5O2. The Morgan fingerprint density at radius 3 is 3.00 bits per heavy atom. The second-order valence-electron chi connectivity index (χ2n) is 6.15. The predicted octanol–water partition coefficient (Wildman–Crippen LogP) is 2.76. The lowest BCUT2D eigenvalue weighted by atomic mass is 9.97. The summed E-state index contributed by atoms with van der Waals surface area (Å²) in [5.74, 6) is -0.802. The number of aromatic nitrogens is 4. The first-order chi connectivity index (χ1) is 12.6. The molecule has 1 unspecified atom stereocenters. The van der Waals surface area contributed by atoms with Gasteiger partial charge in [0.25, 0.3) is 11.8 Å². The predicted molar refractivity (Wildman–Crippen MR) is 86.1 cm³/mol. The van der Waals surface area contributed by atoms with Crippen molar-refractivity contribution in [1.82, 2.24) is 25.0 Å². The van der Waals surface area contributed by atoms with Crippen LogP contribution in [-0.4, -0.2) is 44.0 Å². The Balaban J connectivity index is 1.50. The lowest BCUT2D eigenvalue weighted by Gasteiger charge is -2.31.